The molecule has 20 heavy (non-hydrogen) atoms. The average Bonchev–Trinajstić information content (AvgIpc) is 2.83. The second kappa shape index (κ2) is 4.39. The average molecular weight is 276 g/mol. The van der Waals surface area contributed by atoms with Gasteiger partial charge in [0.2, 0.25) is 0 Å². The molecule has 1 unspecified atom stereocenters. The molecule has 3 rings (SSSR count). The van der Waals surface area contributed by atoms with Crippen molar-refractivity contribution in [2.45, 2.75) is 32.7 Å². The molecule has 0 aromatic carbocycles. The summed E-state index contributed by atoms with van der Waals surface area (Å²) in [5.74, 6) is -0.238. The monoisotopic (exact) mass is 276 g/mol. The van der Waals surface area contributed by atoms with Crippen molar-refractivity contribution >= 4 is 17.4 Å². The first kappa shape index (κ1) is 12.8. The van der Waals surface area contributed by atoms with Crippen LogP contribution < -0.4 is 4.90 Å². The Labute approximate surface area is 115 Å². The zero-order chi connectivity index (χ0) is 14.3. The molecular weight excluding hydrogens is 260 g/mol. The molecule has 1 saturated heterocycles. The van der Waals surface area contributed by atoms with Crippen LogP contribution in [0, 0.1) is 5.41 Å². The van der Waals surface area contributed by atoms with Crippen LogP contribution in [0.15, 0.2) is 12.1 Å². The van der Waals surface area contributed by atoms with Crippen LogP contribution in [0.25, 0.3) is 5.65 Å². The van der Waals surface area contributed by atoms with E-state index < -0.39 is 12.0 Å². The molecule has 1 N–H and O–H groups in total. The van der Waals surface area contributed by atoms with Crippen molar-refractivity contribution in [1.82, 2.24) is 25.3 Å². The number of carboxylic acids is 1. The largest absolute Gasteiger partial charge is 0.480 e. The highest BCUT2D eigenvalue weighted by Crippen LogP contribution is 2.37. The lowest BCUT2D eigenvalue weighted by Gasteiger charge is -2.44. The second-order valence-corrected chi connectivity index (χ2v) is 5.74. The topological polar surface area (TPSA) is 96.5 Å². The van der Waals surface area contributed by atoms with Crippen LogP contribution >= 0.6 is 0 Å². The molecular formula is C12H16N6O2. The quantitative estimate of drug-likeness (QED) is 0.857. The van der Waals surface area contributed by atoms with E-state index in [1.54, 1.807) is 12.1 Å². The summed E-state index contributed by atoms with van der Waals surface area (Å²) in [6, 6.07) is 2.91. The summed E-state index contributed by atoms with van der Waals surface area (Å²) in [6.45, 7) is 4.63. The molecule has 1 aliphatic heterocycles. The minimum Gasteiger partial charge on any atom is -0.480 e. The first-order valence-electron chi connectivity index (χ1n) is 6.54. The number of nitrogens with zero attached hydrogens (tertiary/aromatic N) is 6. The zero-order valence-corrected chi connectivity index (χ0v) is 11.4. The summed E-state index contributed by atoms with van der Waals surface area (Å²) in [4.78, 5) is 13.5. The molecule has 3 heterocycles. The smallest absolute Gasteiger partial charge is 0.326 e. The Morgan fingerprint density at radius 1 is 1.45 bits per heavy atom. The van der Waals surface area contributed by atoms with Gasteiger partial charge in [0.05, 0.1) is 0 Å². The maximum Gasteiger partial charge on any atom is 0.326 e. The van der Waals surface area contributed by atoms with Crippen molar-refractivity contribution in [1.29, 1.82) is 0 Å². The fourth-order valence-corrected chi connectivity index (χ4v) is 2.90. The molecule has 1 atom stereocenters. The van der Waals surface area contributed by atoms with E-state index in [1.807, 2.05) is 18.7 Å². The van der Waals surface area contributed by atoms with Gasteiger partial charge in [-0.2, -0.15) is 0 Å². The third-order valence-corrected chi connectivity index (χ3v) is 3.86. The third kappa shape index (κ3) is 1.97. The van der Waals surface area contributed by atoms with Gasteiger partial charge in [0, 0.05) is 6.54 Å². The Morgan fingerprint density at radius 2 is 2.25 bits per heavy atom. The normalized spacial score (nSPS) is 22.1. The van der Waals surface area contributed by atoms with E-state index in [9.17, 15) is 9.90 Å². The Kier molecular flexibility index (Phi) is 2.81. The van der Waals surface area contributed by atoms with Crippen LogP contribution in [0.5, 0.6) is 0 Å². The number of carboxylic acid groups (broad SMARTS) is 1. The maximum absolute atomic E-state index is 11.7. The number of hydrogen-bond acceptors (Lipinski definition) is 6. The molecule has 8 nitrogen and oxygen atoms in total. The fraction of sp³-hybridized carbons (Fsp3) is 0.583. The SMILES string of the molecule is CC1(C)CCCN(c2ccc3nnnn3n2)C1C(=O)O. The lowest BCUT2D eigenvalue weighted by atomic mass is 9.76. The number of fused-ring (bicyclic) bond motifs is 1. The van der Waals surface area contributed by atoms with E-state index in [2.05, 4.69) is 20.6 Å². The number of anilines is 1. The highest BCUT2D eigenvalue weighted by molar-refractivity contribution is 5.79. The molecule has 1 aliphatic rings. The first-order valence-corrected chi connectivity index (χ1v) is 6.54. The number of aromatic nitrogens is 5. The summed E-state index contributed by atoms with van der Waals surface area (Å²) < 4.78 is 1.32. The van der Waals surface area contributed by atoms with Crippen molar-refractivity contribution in [3.63, 3.8) is 0 Å². The predicted molar refractivity (Wildman–Crippen MR) is 70.4 cm³/mol. The van der Waals surface area contributed by atoms with Gasteiger partial charge in [0.15, 0.2) is 11.5 Å². The molecule has 0 saturated carbocycles. The van der Waals surface area contributed by atoms with Crippen LogP contribution in [0.4, 0.5) is 5.82 Å². The molecule has 0 bridgehead atoms. The number of hydrogen-bond donors (Lipinski definition) is 1. The lowest BCUT2D eigenvalue weighted by Crippen LogP contribution is -2.54. The van der Waals surface area contributed by atoms with E-state index in [0.29, 0.717) is 18.0 Å². The molecule has 0 aliphatic carbocycles. The summed E-state index contributed by atoms with van der Waals surface area (Å²) >= 11 is 0. The van der Waals surface area contributed by atoms with Gasteiger partial charge in [-0.1, -0.05) is 13.8 Å². The van der Waals surface area contributed by atoms with Gasteiger partial charge in [-0.3, -0.25) is 0 Å². The van der Waals surface area contributed by atoms with Crippen molar-refractivity contribution in [2.24, 2.45) is 5.41 Å². The van der Waals surface area contributed by atoms with Gasteiger partial charge < -0.3 is 10.0 Å². The zero-order valence-electron chi connectivity index (χ0n) is 11.4. The summed E-state index contributed by atoms with van der Waals surface area (Å²) in [6.07, 6.45) is 1.82. The minimum atomic E-state index is -0.826. The molecule has 2 aromatic rings. The molecule has 8 heteroatoms. The second-order valence-electron chi connectivity index (χ2n) is 5.74. The van der Waals surface area contributed by atoms with E-state index >= 15 is 0 Å². The van der Waals surface area contributed by atoms with Gasteiger partial charge in [-0.25, -0.2) is 4.79 Å². The Hall–Kier alpha value is -2.25. The van der Waals surface area contributed by atoms with Crippen molar-refractivity contribution in [2.75, 3.05) is 11.4 Å². The predicted octanol–water partition coefficient (Wildman–Crippen LogP) is 0.599. The van der Waals surface area contributed by atoms with Gasteiger partial charge in [0.1, 0.15) is 6.04 Å². The van der Waals surface area contributed by atoms with E-state index in [0.717, 1.165) is 12.8 Å². The van der Waals surface area contributed by atoms with E-state index in [-0.39, 0.29) is 5.41 Å². The fourth-order valence-electron chi connectivity index (χ4n) is 2.90. The molecule has 0 spiro atoms. The van der Waals surface area contributed by atoms with Crippen LogP contribution in [0.3, 0.4) is 0 Å². The minimum absolute atomic E-state index is 0.304. The number of piperidine rings is 1. The van der Waals surface area contributed by atoms with E-state index in [1.165, 1.54) is 4.63 Å². The lowest BCUT2D eigenvalue weighted by molar-refractivity contribution is -0.142. The van der Waals surface area contributed by atoms with Gasteiger partial charge >= 0.3 is 5.97 Å². The van der Waals surface area contributed by atoms with Gasteiger partial charge in [0.25, 0.3) is 0 Å². The Morgan fingerprint density at radius 3 is 3.00 bits per heavy atom. The molecule has 1 fully saturated rings. The number of tetrazole rings is 1. The molecule has 2 aromatic heterocycles. The van der Waals surface area contributed by atoms with Crippen LogP contribution in [-0.2, 0) is 4.79 Å². The maximum atomic E-state index is 11.7. The van der Waals surface area contributed by atoms with Gasteiger partial charge in [-0.15, -0.1) is 14.8 Å². The standard InChI is InChI=1S/C12H16N6O2/c1-12(2)6-3-7-17(10(12)11(19)20)9-5-4-8-13-15-16-18(8)14-9/h4-5,10H,3,6-7H2,1-2H3,(H,19,20). The third-order valence-electron chi connectivity index (χ3n) is 3.86. The van der Waals surface area contributed by atoms with Gasteiger partial charge in [-0.05, 0) is 40.8 Å². The highest BCUT2D eigenvalue weighted by atomic mass is 16.4. The molecule has 0 radical (unpaired) electrons. The number of aliphatic carboxylic acids is 1. The van der Waals surface area contributed by atoms with E-state index in [4.69, 9.17) is 0 Å². The van der Waals surface area contributed by atoms with Crippen LogP contribution in [0.1, 0.15) is 26.7 Å². The van der Waals surface area contributed by atoms with Crippen molar-refractivity contribution < 1.29 is 9.90 Å². The summed E-state index contributed by atoms with van der Waals surface area (Å²) in [5, 5.41) is 24.9. The van der Waals surface area contributed by atoms with Crippen molar-refractivity contribution in [3.05, 3.63) is 12.1 Å². The first-order chi connectivity index (χ1) is 9.49. The van der Waals surface area contributed by atoms with Crippen molar-refractivity contribution in [3.8, 4) is 0 Å². The molecule has 0 amide bonds. The molecule has 106 valence electrons. The van der Waals surface area contributed by atoms with Crippen LogP contribution in [-0.4, -0.2) is 48.9 Å². The Bertz CT molecular complexity index is 652. The number of rotatable bonds is 2. The Balaban J connectivity index is 2.03. The number of carbonyl (C=O) groups is 1. The van der Waals surface area contributed by atoms with Crippen LogP contribution in [0.2, 0.25) is 0 Å². The summed E-state index contributed by atoms with van der Waals surface area (Å²) in [5.41, 5.74) is 0.235. The highest BCUT2D eigenvalue weighted by Gasteiger charge is 2.43. The summed E-state index contributed by atoms with van der Waals surface area (Å²) in [7, 11) is 0.